The first kappa shape index (κ1) is 13.8. The van der Waals surface area contributed by atoms with E-state index in [1.807, 2.05) is 0 Å². The summed E-state index contributed by atoms with van der Waals surface area (Å²) in [4.78, 5) is 0. The minimum absolute atomic E-state index is 0.0785. The Kier molecular flexibility index (Phi) is 4.01. The predicted molar refractivity (Wildman–Crippen MR) is 64.6 cm³/mol. The van der Waals surface area contributed by atoms with Crippen LogP contribution in [0.25, 0.3) is 0 Å². The molecule has 0 atom stereocenters. The molecule has 0 saturated heterocycles. The number of rotatable bonds is 4. The number of nitrogens with one attached hydrogen (secondary N) is 1. The lowest BCUT2D eigenvalue weighted by Gasteiger charge is -2.04. The van der Waals surface area contributed by atoms with Crippen LogP contribution in [-0.2, 0) is 19.3 Å². The zero-order valence-corrected chi connectivity index (χ0v) is 10.4. The van der Waals surface area contributed by atoms with Gasteiger partial charge < -0.3 is 10.4 Å². The molecule has 0 spiro atoms. The van der Waals surface area contributed by atoms with Gasteiger partial charge in [-0.05, 0) is 11.1 Å². The molecule has 8 heteroatoms. The number of halogens is 3. The first-order valence-electron chi connectivity index (χ1n) is 5.32. The number of aliphatic hydroxyl groups excluding tert-OH is 1. The molecule has 1 aromatic carbocycles. The molecule has 0 amide bonds. The summed E-state index contributed by atoms with van der Waals surface area (Å²) in [5.74, 6) is 0. The number of hydrogen-bond donors (Lipinski definition) is 2. The lowest BCUT2D eigenvalue weighted by Crippen LogP contribution is -2.03. The molecule has 19 heavy (non-hydrogen) atoms. The van der Waals surface area contributed by atoms with Gasteiger partial charge in [-0.2, -0.15) is 13.2 Å². The highest BCUT2D eigenvalue weighted by molar-refractivity contribution is 7.15. The van der Waals surface area contributed by atoms with Gasteiger partial charge in [-0.1, -0.05) is 35.6 Å². The van der Waals surface area contributed by atoms with Gasteiger partial charge in [-0.3, -0.25) is 0 Å². The number of aromatic nitrogens is 2. The van der Waals surface area contributed by atoms with Crippen LogP contribution in [0, 0.1) is 0 Å². The Balaban J connectivity index is 2.00. The van der Waals surface area contributed by atoms with E-state index in [9.17, 15) is 13.2 Å². The zero-order valence-electron chi connectivity index (χ0n) is 9.61. The topological polar surface area (TPSA) is 58.0 Å². The molecule has 1 aromatic heterocycles. The van der Waals surface area contributed by atoms with Gasteiger partial charge in [0, 0.05) is 6.54 Å². The molecule has 4 nitrogen and oxygen atoms in total. The summed E-state index contributed by atoms with van der Waals surface area (Å²) < 4.78 is 36.9. The van der Waals surface area contributed by atoms with Crippen LogP contribution in [0.3, 0.4) is 0 Å². The Bertz CT molecular complexity index is 556. The maximum Gasteiger partial charge on any atom is 0.445 e. The molecular formula is C11H10F3N3OS. The second-order valence-corrected chi connectivity index (χ2v) is 4.72. The minimum Gasteiger partial charge on any atom is -0.392 e. The standard InChI is InChI=1S/C11H10F3N3OS/c12-11(13,14)9-16-17-10(19-9)15-5-7-2-1-3-8(4-7)6-18/h1-4,18H,5-6H2,(H,15,17). The van der Waals surface area contributed by atoms with Crippen molar-refractivity contribution >= 4 is 16.5 Å². The largest absolute Gasteiger partial charge is 0.445 e. The van der Waals surface area contributed by atoms with Crippen LogP contribution in [0.2, 0.25) is 0 Å². The van der Waals surface area contributed by atoms with E-state index in [2.05, 4.69) is 15.5 Å². The van der Waals surface area contributed by atoms with Crippen molar-refractivity contribution in [2.45, 2.75) is 19.3 Å². The average Bonchev–Trinajstić information content (AvgIpc) is 2.85. The highest BCUT2D eigenvalue weighted by Gasteiger charge is 2.35. The molecule has 1 heterocycles. The minimum atomic E-state index is -4.46. The molecule has 0 saturated carbocycles. The molecule has 0 bridgehead atoms. The van der Waals surface area contributed by atoms with Gasteiger partial charge in [0.25, 0.3) is 0 Å². The monoisotopic (exact) mass is 289 g/mol. The van der Waals surface area contributed by atoms with Crippen LogP contribution >= 0.6 is 11.3 Å². The third-order valence-electron chi connectivity index (χ3n) is 2.29. The van der Waals surface area contributed by atoms with Gasteiger partial charge >= 0.3 is 6.18 Å². The normalized spacial score (nSPS) is 11.6. The highest BCUT2D eigenvalue weighted by atomic mass is 32.1. The van der Waals surface area contributed by atoms with E-state index in [-0.39, 0.29) is 11.7 Å². The zero-order chi connectivity index (χ0) is 13.9. The van der Waals surface area contributed by atoms with Crippen LogP contribution in [0.4, 0.5) is 18.3 Å². The maximum absolute atomic E-state index is 12.3. The van der Waals surface area contributed by atoms with Crippen molar-refractivity contribution in [1.29, 1.82) is 0 Å². The summed E-state index contributed by atoms with van der Waals surface area (Å²) >= 11 is 0.461. The molecule has 2 rings (SSSR count). The fraction of sp³-hybridized carbons (Fsp3) is 0.273. The smallest absolute Gasteiger partial charge is 0.392 e. The van der Waals surface area contributed by atoms with Crippen molar-refractivity contribution in [1.82, 2.24) is 10.2 Å². The van der Waals surface area contributed by atoms with Crippen LogP contribution in [0.1, 0.15) is 16.1 Å². The van der Waals surface area contributed by atoms with E-state index >= 15 is 0 Å². The lowest BCUT2D eigenvalue weighted by atomic mass is 10.1. The average molecular weight is 289 g/mol. The maximum atomic E-state index is 12.3. The first-order valence-corrected chi connectivity index (χ1v) is 6.14. The fourth-order valence-corrected chi connectivity index (χ4v) is 2.03. The Morgan fingerprint density at radius 3 is 2.58 bits per heavy atom. The molecule has 0 aliphatic heterocycles. The van der Waals surface area contributed by atoms with Gasteiger partial charge in [-0.25, -0.2) is 0 Å². The SMILES string of the molecule is OCc1cccc(CNc2nnc(C(F)(F)F)s2)c1. The molecule has 2 N–H and O–H groups in total. The summed E-state index contributed by atoms with van der Waals surface area (Å²) in [6.07, 6.45) is -4.46. The molecule has 102 valence electrons. The van der Waals surface area contributed by atoms with E-state index in [1.54, 1.807) is 24.3 Å². The van der Waals surface area contributed by atoms with Crippen molar-refractivity contribution in [2.24, 2.45) is 0 Å². The van der Waals surface area contributed by atoms with Crippen LogP contribution in [0.5, 0.6) is 0 Å². The van der Waals surface area contributed by atoms with Gasteiger partial charge in [0.15, 0.2) is 0 Å². The number of nitrogens with zero attached hydrogens (tertiary/aromatic N) is 2. The van der Waals surface area contributed by atoms with Gasteiger partial charge in [0.2, 0.25) is 10.1 Å². The molecule has 2 aromatic rings. The summed E-state index contributed by atoms with van der Waals surface area (Å²) in [5, 5.41) is 17.4. The number of aliphatic hydroxyl groups is 1. The van der Waals surface area contributed by atoms with Crippen molar-refractivity contribution in [3.05, 3.63) is 40.4 Å². The van der Waals surface area contributed by atoms with Gasteiger partial charge in [0.05, 0.1) is 6.61 Å². The Labute approximate surface area is 110 Å². The number of alkyl halides is 3. The summed E-state index contributed by atoms with van der Waals surface area (Å²) in [5.41, 5.74) is 1.59. The Morgan fingerprint density at radius 1 is 1.21 bits per heavy atom. The molecule has 0 unspecified atom stereocenters. The number of anilines is 1. The van der Waals surface area contributed by atoms with Gasteiger partial charge in [0.1, 0.15) is 0 Å². The van der Waals surface area contributed by atoms with Crippen molar-refractivity contribution in [3.8, 4) is 0 Å². The highest BCUT2D eigenvalue weighted by Crippen LogP contribution is 2.33. The second kappa shape index (κ2) is 5.54. The van der Waals surface area contributed by atoms with E-state index in [4.69, 9.17) is 5.11 Å². The van der Waals surface area contributed by atoms with Crippen molar-refractivity contribution in [2.75, 3.05) is 5.32 Å². The number of benzene rings is 1. The van der Waals surface area contributed by atoms with Crippen LogP contribution < -0.4 is 5.32 Å². The molecule has 0 radical (unpaired) electrons. The molecule has 0 fully saturated rings. The quantitative estimate of drug-likeness (QED) is 0.908. The molecular weight excluding hydrogens is 279 g/mol. The Hall–Kier alpha value is -1.67. The molecule has 0 aliphatic carbocycles. The van der Waals surface area contributed by atoms with E-state index < -0.39 is 11.2 Å². The van der Waals surface area contributed by atoms with E-state index in [0.717, 1.165) is 11.1 Å². The third kappa shape index (κ3) is 3.65. The Morgan fingerprint density at radius 2 is 1.95 bits per heavy atom. The number of hydrogen-bond acceptors (Lipinski definition) is 5. The second-order valence-electron chi connectivity index (χ2n) is 3.74. The summed E-state index contributed by atoms with van der Waals surface area (Å²) in [7, 11) is 0. The van der Waals surface area contributed by atoms with Gasteiger partial charge in [-0.15, -0.1) is 10.2 Å². The summed E-state index contributed by atoms with van der Waals surface area (Å²) in [6, 6.07) is 7.09. The predicted octanol–water partition coefficient (Wildman–Crippen LogP) is 2.66. The van der Waals surface area contributed by atoms with E-state index in [1.165, 1.54) is 0 Å². The van der Waals surface area contributed by atoms with Crippen LogP contribution in [-0.4, -0.2) is 15.3 Å². The first-order chi connectivity index (χ1) is 8.99. The van der Waals surface area contributed by atoms with Crippen LogP contribution in [0.15, 0.2) is 24.3 Å². The summed E-state index contributed by atoms with van der Waals surface area (Å²) in [6.45, 7) is 0.241. The third-order valence-corrected chi connectivity index (χ3v) is 3.21. The fourth-order valence-electron chi connectivity index (χ4n) is 1.42. The van der Waals surface area contributed by atoms with Crippen molar-refractivity contribution in [3.63, 3.8) is 0 Å². The molecule has 0 aliphatic rings. The van der Waals surface area contributed by atoms with Crippen molar-refractivity contribution < 1.29 is 18.3 Å². The lowest BCUT2D eigenvalue weighted by molar-refractivity contribution is -0.138. The van der Waals surface area contributed by atoms with E-state index in [0.29, 0.717) is 17.9 Å².